The maximum atomic E-state index is 13.3. The molecule has 3 amide bonds. The number of hydrogen-bond donors (Lipinski definition) is 1. The SMILES string of the molecule is CC#Cc1cc(C)c(C2C(=O)CC3(CCN(C(=O)NC(=O)c4ccncc4)CC3)CC2=O)c(C)c1. The van der Waals surface area contributed by atoms with Crippen molar-refractivity contribution < 1.29 is 19.2 Å². The number of Topliss-reactive ketones (excluding diaryl/α,β-unsaturated/α-hetero) is 2. The van der Waals surface area contributed by atoms with Gasteiger partial charge < -0.3 is 4.90 Å². The van der Waals surface area contributed by atoms with Gasteiger partial charge in [-0.1, -0.05) is 5.92 Å². The fraction of sp³-hybridized carbons (Fsp3) is 0.393. The quantitative estimate of drug-likeness (QED) is 0.532. The van der Waals surface area contributed by atoms with Crippen LogP contribution in [-0.4, -0.2) is 46.5 Å². The van der Waals surface area contributed by atoms with Crippen LogP contribution in [0.1, 0.15) is 71.1 Å². The van der Waals surface area contributed by atoms with Gasteiger partial charge in [-0.2, -0.15) is 0 Å². The number of carbonyl (C=O) groups excluding carboxylic acids is 4. The van der Waals surface area contributed by atoms with Crippen LogP contribution < -0.4 is 5.32 Å². The lowest BCUT2D eigenvalue weighted by Crippen LogP contribution is -2.51. The fourth-order valence-corrected chi connectivity index (χ4v) is 5.44. The summed E-state index contributed by atoms with van der Waals surface area (Å²) in [6.07, 6.45) is 4.73. The molecule has 0 radical (unpaired) electrons. The second-order valence-electron chi connectivity index (χ2n) is 9.60. The summed E-state index contributed by atoms with van der Waals surface area (Å²) in [4.78, 5) is 57.0. The van der Waals surface area contributed by atoms with Crippen LogP contribution in [0.3, 0.4) is 0 Å². The third-order valence-electron chi connectivity index (χ3n) is 7.17. The lowest BCUT2D eigenvalue weighted by Gasteiger charge is -2.44. The van der Waals surface area contributed by atoms with E-state index in [0.29, 0.717) is 44.3 Å². The van der Waals surface area contributed by atoms with E-state index >= 15 is 0 Å². The van der Waals surface area contributed by atoms with Crippen LogP contribution in [0, 0.1) is 31.1 Å². The average molecular weight is 472 g/mol. The van der Waals surface area contributed by atoms with Gasteiger partial charge in [-0.3, -0.25) is 24.7 Å². The lowest BCUT2D eigenvalue weighted by molar-refractivity contribution is -0.138. The van der Waals surface area contributed by atoms with Gasteiger partial charge in [0.1, 0.15) is 17.5 Å². The summed E-state index contributed by atoms with van der Waals surface area (Å²) in [6, 6.07) is 6.49. The van der Waals surface area contributed by atoms with Crippen LogP contribution >= 0.6 is 0 Å². The van der Waals surface area contributed by atoms with Gasteiger partial charge >= 0.3 is 6.03 Å². The van der Waals surface area contributed by atoms with Crippen molar-refractivity contribution in [3.63, 3.8) is 0 Å². The molecule has 2 aliphatic rings. The first-order valence-corrected chi connectivity index (χ1v) is 11.8. The van der Waals surface area contributed by atoms with Gasteiger partial charge in [-0.25, -0.2) is 4.79 Å². The summed E-state index contributed by atoms with van der Waals surface area (Å²) in [6.45, 7) is 6.42. The molecular weight excluding hydrogens is 442 g/mol. The van der Waals surface area contributed by atoms with Gasteiger partial charge in [-0.15, -0.1) is 5.92 Å². The number of aryl methyl sites for hydroxylation is 2. The molecule has 1 saturated heterocycles. The Morgan fingerprint density at radius 2 is 1.60 bits per heavy atom. The molecule has 0 unspecified atom stereocenters. The Bertz CT molecular complexity index is 1200. The largest absolute Gasteiger partial charge is 0.324 e. The topological polar surface area (TPSA) is 96.4 Å². The number of benzene rings is 1. The number of urea groups is 1. The third kappa shape index (κ3) is 5.02. The van der Waals surface area contributed by atoms with Gasteiger partial charge in [0.15, 0.2) is 0 Å². The monoisotopic (exact) mass is 471 g/mol. The summed E-state index contributed by atoms with van der Waals surface area (Å²) in [7, 11) is 0. The van der Waals surface area contributed by atoms with E-state index < -0.39 is 23.3 Å². The first-order chi connectivity index (χ1) is 16.7. The smallest absolute Gasteiger partial charge is 0.324 e. The summed E-state index contributed by atoms with van der Waals surface area (Å²) in [5.41, 5.74) is 3.45. The molecule has 1 aliphatic carbocycles. The van der Waals surface area contributed by atoms with Crippen molar-refractivity contribution in [1.29, 1.82) is 0 Å². The standard InChI is InChI=1S/C28H29N3O4/c1-4-5-20-14-18(2)24(19(3)15-20)25-22(32)16-28(17-23(25)33)8-12-31(13-9-28)27(35)30-26(34)21-6-10-29-11-7-21/h6-7,10-11,14-15,25H,8-9,12-13,16-17H2,1-3H3,(H,30,34,35). The van der Waals surface area contributed by atoms with Crippen LogP contribution in [0.2, 0.25) is 0 Å². The van der Waals surface area contributed by atoms with E-state index in [4.69, 9.17) is 0 Å². The molecule has 2 aromatic rings. The summed E-state index contributed by atoms with van der Waals surface area (Å²) < 4.78 is 0. The van der Waals surface area contributed by atoms with Gasteiger partial charge in [0.05, 0.1) is 0 Å². The highest BCUT2D eigenvalue weighted by atomic mass is 16.2. The van der Waals surface area contributed by atoms with Crippen molar-refractivity contribution >= 4 is 23.5 Å². The zero-order valence-corrected chi connectivity index (χ0v) is 20.3. The minimum atomic E-state index is -0.733. The van der Waals surface area contributed by atoms with Crippen LogP contribution in [0.15, 0.2) is 36.7 Å². The van der Waals surface area contributed by atoms with Crippen molar-refractivity contribution in [3.8, 4) is 11.8 Å². The minimum absolute atomic E-state index is 0.0486. The van der Waals surface area contributed by atoms with Crippen LogP contribution in [0.25, 0.3) is 0 Å². The van der Waals surface area contributed by atoms with E-state index in [9.17, 15) is 19.2 Å². The lowest BCUT2D eigenvalue weighted by atomic mass is 9.62. The van der Waals surface area contributed by atoms with Crippen LogP contribution in [-0.2, 0) is 9.59 Å². The maximum absolute atomic E-state index is 13.3. The average Bonchev–Trinajstić information content (AvgIpc) is 2.81. The van der Waals surface area contributed by atoms with Gasteiger partial charge in [-0.05, 0) is 80.0 Å². The molecule has 7 nitrogen and oxygen atoms in total. The molecule has 1 aliphatic heterocycles. The van der Waals surface area contributed by atoms with Crippen LogP contribution in [0.5, 0.6) is 0 Å². The highest BCUT2D eigenvalue weighted by Crippen LogP contribution is 2.46. The van der Waals surface area contributed by atoms with Crippen molar-refractivity contribution in [2.75, 3.05) is 13.1 Å². The number of pyridine rings is 1. The predicted molar refractivity (Wildman–Crippen MR) is 131 cm³/mol. The van der Waals surface area contributed by atoms with Crippen molar-refractivity contribution in [1.82, 2.24) is 15.2 Å². The predicted octanol–water partition coefficient (Wildman–Crippen LogP) is 3.72. The van der Waals surface area contributed by atoms with E-state index in [0.717, 1.165) is 22.3 Å². The highest BCUT2D eigenvalue weighted by Gasteiger charge is 2.47. The molecule has 180 valence electrons. The number of amides is 3. The Hall–Kier alpha value is -3.79. The first-order valence-electron chi connectivity index (χ1n) is 11.8. The Balaban J connectivity index is 1.42. The molecule has 1 aromatic carbocycles. The third-order valence-corrected chi connectivity index (χ3v) is 7.17. The van der Waals surface area contributed by atoms with Crippen molar-refractivity contribution in [3.05, 3.63) is 64.5 Å². The molecule has 0 atom stereocenters. The number of nitrogens with zero attached hydrogens (tertiary/aromatic N) is 2. The Morgan fingerprint density at radius 1 is 1.03 bits per heavy atom. The molecule has 0 bridgehead atoms. The van der Waals surface area contributed by atoms with Gasteiger partial charge in [0.25, 0.3) is 5.91 Å². The fourth-order valence-electron chi connectivity index (χ4n) is 5.44. The van der Waals surface area contributed by atoms with Crippen molar-refractivity contribution in [2.24, 2.45) is 5.41 Å². The Kier molecular flexibility index (Phi) is 6.83. The van der Waals surface area contributed by atoms with Gasteiger partial charge in [0, 0.05) is 49.5 Å². The number of ketones is 2. The first kappa shape index (κ1) is 24.3. The molecule has 1 N–H and O–H groups in total. The summed E-state index contributed by atoms with van der Waals surface area (Å²) >= 11 is 0. The van der Waals surface area contributed by atoms with Crippen molar-refractivity contribution in [2.45, 2.75) is 52.4 Å². The van der Waals surface area contributed by atoms with E-state index in [1.54, 1.807) is 11.8 Å². The minimum Gasteiger partial charge on any atom is -0.324 e. The second-order valence-corrected chi connectivity index (χ2v) is 9.60. The van der Waals surface area contributed by atoms with E-state index in [2.05, 4.69) is 22.1 Å². The number of piperidine rings is 1. The van der Waals surface area contributed by atoms with E-state index in [1.807, 2.05) is 26.0 Å². The Morgan fingerprint density at radius 3 is 2.14 bits per heavy atom. The maximum Gasteiger partial charge on any atom is 0.324 e. The molecule has 1 aromatic heterocycles. The molecule has 1 saturated carbocycles. The molecule has 4 rings (SSSR count). The number of carbonyl (C=O) groups is 4. The molecule has 7 heteroatoms. The summed E-state index contributed by atoms with van der Waals surface area (Å²) in [5, 5.41) is 2.41. The number of rotatable bonds is 2. The Labute approximate surface area is 205 Å². The molecule has 1 spiro atoms. The number of imide groups is 1. The number of hydrogen-bond acceptors (Lipinski definition) is 5. The van der Waals surface area contributed by atoms with Gasteiger partial charge in [0.2, 0.25) is 0 Å². The number of nitrogens with one attached hydrogen (secondary N) is 1. The van der Waals surface area contributed by atoms with E-state index in [1.165, 1.54) is 24.5 Å². The summed E-state index contributed by atoms with van der Waals surface area (Å²) in [5.74, 6) is 4.62. The van der Waals surface area contributed by atoms with E-state index in [-0.39, 0.29) is 11.6 Å². The molecule has 2 fully saturated rings. The number of likely N-dealkylation sites (tertiary alicyclic amines) is 1. The highest BCUT2D eigenvalue weighted by molar-refractivity contribution is 6.10. The second kappa shape index (κ2) is 9.83. The molecular formula is C28H29N3O4. The molecule has 2 heterocycles. The normalized spacial score (nSPS) is 17.6. The zero-order chi connectivity index (χ0) is 25.2. The molecule has 35 heavy (non-hydrogen) atoms. The zero-order valence-electron chi connectivity index (χ0n) is 20.3. The number of aromatic nitrogens is 1. The van der Waals surface area contributed by atoms with Crippen LogP contribution in [0.4, 0.5) is 4.79 Å².